The Labute approximate surface area is 139 Å². The summed E-state index contributed by atoms with van der Waals surface area (Å²) < 4.78 is 0. The van der Waals surface area contributed by atoms with Crippen molar-refractivity contribution in [2.75, 3.05) is 5.32 Å². The molecular formula is C15H11N5O5. The van der Waals surface area contributed by atoms with Crippen LogP contribution in [0.4, 0.5) is 17.1 Å². The summed E-state index contributed by atoms with van der Waals surface area (Å²) in [6.45, 7) is 0. The van der Waals surface area contributed by atoms with E-state index in [1.54, 1.807) is 24.4 Å². The van der Waals surface area contributed by atoms with Gasteiger partial charge in [-0.3, -0.25) is 30.1 Å². The van der Waals surface area contributed by atoms with Crippen LogP contribution in [0.15, 0.2) is 42.6 Å². The third-order valence-electron chi connectivity index (χ3n) is 3.55. The zero-order valence-electron chi connectivity index (χ0n) is 12.6. The van der Waals surface area contributed by atoms with Crippen LogP contribution in [0.5, 0.6) is 0 Å². The Morgan fingerprint density at radius 1 is 1.12 bits per heavy atom. The van der Waals surface area contributed by atoms with Crippen LogP contribution < -0.4 is 5.32 Å². The van der Waals surface area contributed by atoms with E-state index in [1.165, 1.54) is 6.07 Å². The number of carbonyl (C=O) groups is 1. The van der Waals surface area contributed by atoms with Gasteiger partial charge in [0.25, 0.3) is 11.4 Å². The van der Waals surface area contributed by atoms with Gasteiger partial charge in [-0.05, 0) is 24.3 Å². The minimum absolute atomic E-state index is 0.0949. The predicted octanol–water partition coefficient (Wildman–Crippen LogP) is 2.56. The largest absolute Gasteiger partial charge is 0.326 e. The number of nitro groups is 2. The summed E-state index contributed by atoms with van der Waals surface area (Å²) in [5.41, 5.74) is 0.556. The average Bonchev–Trinajstić information content (AvgIpc) is 3.02. The third kappa shape index (κ3) is 3.42. The van der Waals surface area contributed by atoms with Crippen molar-refractivity contribution in [3.63, 3.8) is 0 Å². The first-order valence-electron chi connectivity index (χ1n) is 7.09. The molecule has 3 aromatic rings. The molecule has 0 saturated heterocycles. The maximum Gasteiger partial charge on any atom is 0.279 e. The number of hydrogen-bond donors (Lipinski definition) is 2. The van der Waals surface area contributed by atoms with Gasteiger partial charge in [-0.25, -0.2) is 0 Å². The summed E-state index contributed by atoms with van der Waals surface area (Å²) in [5, 5.41) is 31.9. The van der Waals surface area contributed by atoms with Crippen LogP contribution in [-0.4, -0.2) is 26.0 Å². The summed E-state index contributed by atoms with van der Waals surface area (Å²) in [6, 6.07) is 8.32. The van der Waals surface area contributed by atoms with Gasteiger partial charge in [0.15, 0.2) is 0 Å². The van der Waals surface area contributed by atoms with Gasteiger partial charge in [-0.2, -0.15) is 5.10 Å². The van der Waals surface area contributed by atoms with Crippen molar-refractivity contribution >= 4 is 33.9 Å². The van der Waals surface area contributed by atoms with Gasteiger partial charge in [0, 0.05) is 22.7 Å². The van der Waals surface area contributed by atoms with Crippen LogP contribution >= 0.6 is 0 Å². The highest BCUT2D eigenvalue weighted by Gasteiger charge is 2.21. The molecule has 0 aliphatic carbocycles. The fourth-order valence-electron chi connectivity index (χ4n) is 2.38. The van der Waals surface area contributed by atoms with Crippen LogP contribution in [0.1, 0.15) is 5.56 Å². The lowest BCUT2D eigenvalue weighted by molar-refractivity contribution is -0.394. The van der Waals surface area contributed by atoms with Gasteiger partial charge < -0.3 is 5.32 Å². The van der Waals surface area contributed by atoms with Gasteiger partial charge in [0.1, 0.15) is 0 Å². The molecule has 0 aliphatic rings. The van der Waals surface area contributed by atoms with Gasteiger partial charge in [-0.15, -0.1) is 0 Å². The monoisotopic (exact) mass is 341 g/mol. The number of anilines is 1. The third-order valence-corrected chi connectivity index (χ3v) is 3.55. The van der Waals surface area contributed by atoms with Crippen molar-refractivity contribution in [3.8, 4) is 0 Å². The molecule has 0 fully saturated rings. The average molecular weight is 341 g/mol. The smallest absolute Gasteiger partial charge is 0.279 e. The number of H-pyrrole nitrogens is 1. The fourth-order valence-corrected chi connectivity index (χ4v) is 2.38. The number of non-ortho nitro benzene ring substituents is 1. The molecule has 0 aliphatic heterocycles. The second kappa shape index (κ2) is 6.35. The Bertz CT molecular complexity index is 997. The molecule has 2 aromatic carbocycles. The molecule has 10 nitrogen and oxygen atoms in total. The number of nitrogens with one attached hydrogen (secondary N) is 2. The molecule has 126 valence electrons. The second-order valence-electron chi connectivity index (χ2n) is 5.22. The first kappa shape index (κ1) is 16.1. The molecule has 0 spiro atoms. The van der Waals surface area contributed by atoms with Crippen molar-refractivity contribution < 1.29 is 14.6 Å². The van der Waals surface area contributed by atoms with E-state index in [2.05, 4.69) is 15.5 Å². The molecule has 1 amide bonds. The molecule has 0 unspecified atom stereocenters. The number of nitrogens with zero attached hydrogens (tertiary/aromatic N) is 3. The summed E-state index contributed by atoms with van der Waals surface area (Å²) >= 11 is 0. The van der Waals surface area contributed by atoms with E-state index in [1.807, 2.05) is 0 Å². The minimum Gasteiger partial charge on any atom is -0.326 e. The summed E-state index contributed by atoms with van der Waals surface area (Å²) in [6.07, 6.45) is 1.32. The van der Waals surface area contributed by atoms with Crippen molar-refractivity contribution in [2.24, 2.45) is 0 Å². The molecule has 10 heteroatoms. The van der Waals surface area contributed by atoms with Gasteiger partial charge in [0.05, 0.1) is 34.0 Å². The Kier molecular flexibility index (Phi) is 4.08. The summed E-state index contributed by atoms with van der Waals surface area (Å²) in [4.78, 5) is 32.5. The molecule has 1 heterocycles. The minimum atomic E-state index is -0.743. The fraction of sp³-hybridized carbons (Fsp3) is 0.0667. The van der Waals surface area contributed by atoms with Crippen molar-refractivity contribution in [1.82, 2.24) is 10.2 Å². The molecule has 0 bridgehead atoms. The predicted molar refractivity (Wildman–Crippen MR) is 88.2 cm³/mol. The Morgan fingerprint density at radius 2 is 1.92 bits per heavy atom. The number of fused-ring (bicyclic) bond motifs is 1. The lowest BCUT2D eigenvalue weighted by atomic mass is 10.1. The van der Waals surface area contributed by atoms with Crippen molar-refractivity contribution in [2.45, 2.75) is 6.42 Å². The number of benzene rings is 2. The first-order valence-corrected chi connectivity index (χ1v) is 7.09. The maximum atomic E-state index is 12.2. The number of aromatic amines is 1. The number of aromatic nitrogens is 2. The van der Waals surface area contributed by atoms with Crippen LogP contribution in [0, 0.1) is 20.2 Å². The molecule has 0 radical (unpaired) electrons. The Morgan fingerprint density at radius 3 is 2.64 bits per heavy atom. The zero-order valence-corrected chi connectivity index (χ0v) is 12.6. The molecular weight excluding hydrogens is 330 g/mol. The van der Waals surface area contributed by atoms with E-state index >= 15 is 0 Å². The quantitative estimate of drug-likeness (QED) is 0.539. The molecule has 0 atom stereocenters. The number of amides is 1. The molecule has 25 heavy (non-hydrogen) atoms. The van der Waals surface area contributed by atoms with Crippen molar-refractivity contribution in [3.05, 3.63) is 68.4 Å². The Balaban J connectivity index is 1.80. The summed E-state index contributed by atoms with van der Waals surface area (Å²) in [5.74, 6) is -0.472. The topological polar surface area (TPSA) is 144 Å². The van der Waals surface area contributed by atoms with E-state index in [0.717, 1.165) is 23.0 Å². The van der Waals surface area contributed by atoms with Crippen molar-refractivity contribution in [1.29, 1.82) is 0 Å². The normalized spacial score (nSPS) is 10.6. The summed E-state index contributed by atoms with van der Waals surface area (Å²) in [7, 11) is 0. The highest BCUT2D eigenvalue weighted by atomic mass is 16.6. The van der Waals surface area contributed by atoms with E-state index in [0.29, 0.717) is 5.69 Å². The maximum absolute atomic E-state index is 12.2. The molecule has 3 rings (SSSR count). The van der Waals surface area contributed by atoms with E-state index in [9.17, 15) is 25.0 Å². The van der Waals surface area contributed by atoms with E-state index in [-0.39, 0.29) is 12.0 Å². The van der Waals surface area contributed by atoms with Gasteiger partial charge in [-0.1, -0.05) is 0 Å². The number of nitro benzene ring substituents is 2. The first-order chi connectivity index (χ1) is 11.9. The van der Waals surface area contributed by atoms with E-state index < -0.39 is 27.1 Å². The Hall–Kier alpha value is -3.82. The lowest BCUT2D eigenvalue weighted by Gasteiger charge is -2.06. The van der Waals surface area contributed by atoms with Gasteiger partial charge >= 0.3 is 0 Å². The SMILES string of the molecule is O=C(Cc1ccc([N+](=O)[O-])cc1[N+](=O)[O-])Nc1ccc2[nH]ncc2c1. The van der Waals surface area contributed by atoms with Crippen LogP contribution in [0.25, 0.3) is 10.9 Å². The highest BCUT2D eigenvalue weighted by molar-refractivity contribution is 5.95. The van der Waals surface area contributed by atoms with E-state index in [4.69, 9.17) is 0 Å². The molecule has 2 N–H and O–H groups in total. The second-order valence-corrected chi connectivity index (χ2v) is 5.22. The number of carbonyl (C=O) groups excluding carboxylic acids is 1. The lowest BCUT2D eigenvalue weighted by Crippen LogP contribution is -2.15. The molecule has 0 saturated carbocycles. The van der Waals surface area contributed by atoms with Crippen LogP contribution in [-0.2, 0) is 11.2 Å². The zero-order chi connectivity index (χ0) is 18.0. The molecule has 1 aromatic heterocycles. The standard InChI is InChI=1S/C15H11N5O5/c21-15(17-11-2-4-13-10(5-11)8-16-18-13)6-9-1-3-12(19(22)23)7-14(9)20(24)25/h1-5,7-8H,6H2,(H,16,18)(H,17,21). The number of rotatable bonds is 5. The van der Waals surface area contributed by atoms with Crippen LogP contribution in [0.3, 0.4) is 0 Å². The highest BCUT2D eigenvalue weighted by Crippen LogP contribution is 2.25. The van der Waals surface area contributed by atoms with Gasteiger partial charge in [0.2, 0.25) is 5.91 Å². The number of hydrogen-bond acceptors (Lipinski definition) is 6. The van der Waals surface area contributed by atoms with Crippen LogP contribution in [0.2, 0.25) is 0 Å².